The highest BCUT2D eigenvalue weighted by atomic mass is 19.1. The molecule has 7 heteroatoms. The van der Waals surface area contributed by atoms with Crippen LogP contribution in [0.2, 0.25) is 0 Å². The molecule has 0 atom stereocenters. The Kier molecular flexibility index (Phi) is 6.88. The number of benzene rings is 5. The lowest BCUT2D eigenvalue weighted by Gasteiger charge is -2.11. The standard InChI is InChI=1S/C39H25FN6/c40-34-21-19-31(20-22-34)36-25-35(42-38(43-36)33-17-11-27(12-18-33)26-5-2-1-3-6-26)30-13-7-28(8-14-30)29-9-15-32(16-10-29)37-39-41-23-4-24-46(39)45-44-37/h1-25H. The smallest absolute Gasteiger partial charge is 0.183 e. The number of halogens is 1. The quantitative estimate of drug-likeness (QED) is 0.192. The number of hydrogen-bond donors (Lipinski definition) is 0. The van der Waals surface area contributed by atoms with E-state index in [-0.39, 0.29) is 5.82 Å². The number of fused-ring (bicyclic) bond motifs is 1. The molecule has 6 nitrogen and oxygen atoms in total. The van der Waals surface area contributed by atoms with E-state index < -0.39 is 0 Å². The van der Waals surface area contributed by atoms with E-state index in [2.05, 4.69) is 76.0 Å². The Labute approximate surface area is 264 Å². The first-order chi connectivity index (χ1) is 22.7. The third kappa shape index (κ3) is 5.31. The van der Waals surface area contributed by atoms with E-state index in [1.165, 1.54) is 12.1 Å². The average Bonchev–Trinajstić information content (AvgIpc) is 3.57. The summed E-state index contributed by atoms with van der Waals surface area (Å²) in [5.41, 5.74) is 11.0. The number of hydrogen-bond acceptors (Lipinski definition) is 5. The van der Waals surface area contributed by atoms with Gasteiger partial charge in [-0.05, 0) is 58.7 Å². The first-order valence-electron chi connectivity index (χ1n) is 14.9. The maximum atomic E-state index is 13.8. The fraction of sp³-hybridized carbons (Fsp3) is 0. The molecule has 0 amide bonds. The largest absolute Gasteiger partial charge is 0.235 e. The van der Waals surface area contributed by atoms with Gasteiger partial charge in [-0.25, -0.2) is 23.9 Å². The first-order valence-corrected chi connectivity index (χ1v) is 14.9. The van der Waals surface area contributed by atoms with Gasteiger partial charge in [0.2, 0.25) is 0 Å². The zero-order valence-electron chi connectivity index (χ0n) is 24.5. The molecule has 8 aromatic rings. The summed E-state index contributed by atoms with van der Waals surface area (Å²) in [6.45, 7) is 0. The van der Waals surface area contributed by atoms with Crippen molar-refractivity contribution >= 4 is 5.65 Å². The molecule has 3 aromatic heterocycles. The second-order valence-electron chi connectivity index (χ2n) is 10.9. The molecule has 0 unspecified atom stereocenters. The molecule has 46 heavy (non-hydrogen) atoms. The highest BCUT2D eigenvalue weighted by Gasteiger charge is 2.13. The molecule has 0 bridgehead atoms. The maximum Gasteiger partial charge on any atom is 0.183 e. The molecule has 0 aliphatic carbocycles. The van der Waals surface area contributed by atoms with Gasteiger partial charge in [0.1, 0.15) is 11.5 Å². The molecule has 8 rings (SSSR count). The van der Waals surface area contributed by atoms with E-state index >= 15 is 0 Å². The lowest BCUT2D eigenvalue weighted by molar-refractivity contribution is 0.628. The van der Waals surface area contributed by atoms with E-state index in [0.29, 0.717) is 5.82 Å². The van der Waals surface area contributed by atoms with Crippen LogP contribution < -0.4 is 0 Å². The van der Waals surface area contributed by atoms with Crippen molar-refractivity contribution in [3.63, 3.8) is 0 Å². The molecule has 5 aromatic carbocycles. The van der Waals surface area contributed by atoms with Crippen LogP contribution in [-0.4, -0.2) is 29.8 Å². The lowest BCUT2D eigenvalue weighted by atomic mass is 10.00. The van der Waals surface area contributed by atoms with Gasteiger partial charge in [0.15, 0.2) is 11.5 Å². The zero-order valence-corrected chi connectivity index (χ0v) is 24.5. The second kappa shape index (κ2) is 11.6. The van der Waals surface area contributed by atoms with Crippen LogP contribution in [0.1, 0.15) is 0 Å². The van der Waals surface area contributed by atoms with Gasteiger partial charge in [-0.1, -0.05) is 108 Å². The second-order valence-corrected chi connectivity index (χ2v) is 10.9. The molecule has 0 aliphatic heterocycles. The van der Waals surface area contributed by atoms with Gasteiger partial charge in [-0.3, -0.25) is 0 Å². The summed E-state index contributed by atoms with van der Waals surface area (Å²) in [4.78, 5) is 14.3. The third-order valence-electron chi connectivity index (χ3n) is 7.97. The van der Waals surface area contributed by atoms with E-state index in [4.69, 9.17) is 9.97 Å². The van der Waals surface area contributed by atoms with Crippen LogP contribution in [-0.2, 0) is 0 Å². The summed E-state index contributed by atoms with van der Waals surface area (Å²) in [6, 6.07) is 45.2. The summed E-state index contributed by atoms with van der Waals surface area (Å²) in [7, 11) is 0. The van der Waals surface area contributed by atoms with Gasteiger partial charge in [-0.2, -0.15) is 0 Å². The summed E-state index contributed by atoms with van der Waals surface area (Å²) in [5.74, 6) is 0.317. The van der Waals surface area contributed by atoms with Crippen LogP contribution in [0.15, 0.2) is 152 Å². The van der Waals surface area contributed by atoms with Crippen molar-refractivity contribution in [3.8, 4) is 67.4 Å². The Morgan fingerprint density at radius 1 is 0.478 bits per heavy atom. The van der Waals surface area contributed by atoms with Crippen LogP contribution in [0.5, 0.6) is 0 Å². The molecule has 218 valence electrons. The minimum Gasteiger partial charge on any atom is -0.235 e. The highest BCUT2D eigenvalue weighted by molar-refractivity contribution is 5.78. The summed E-state index contributed by atoms with van der Waals surface area (Å²) in [5, 5.41) is 8.48. The Bertz CT molecular complexity index is 2280. The predicted molar refractivity (Wildman–Crippen MR) is 179 cm³/mol. The minimum absolute atomic E-state index is 0.287. The summed E-state index contributed by atoms with van der Waals surface area (Å²) < 4.78 is 15.4. The maximum absolute atomic E-state index is 13.8. The summed E-state index contributed by atoms with van der Waals surface area (Å²) in [6.07, 6.45) is 3.57. The van der Waals surface area contributed by atoms with E-state index in [9.17, 15) is 4.39 Å². The SMILES string of the molecule is Fc1ccc(-c2cc(-c3ccc(-c4ccc(-c5nnn6cccnc56)cc4)cc3)nc(-c3ccc(-c4ccccc4)cc3)n2)cc1. The molecule has 0 spiro atoms. The van der Waals surface area contributed by atoms with Gasteiger partial charge in [-0.15, -0.1) is 5.10 Å². The van der Waals surface area contributed by atoms with Crippen molar-refractivity contribution in [1.82, 2.24) is 29.8 Å². The molecule has 3 heterocycles. The highest BCUT2D eigenvalue weighted by Crippen LogP contribution is 2.31. The fourth-order valence-corrected chi connectivity index (χ4v) is 5.52. The van der Waals surface area contributed by atoms with Crippen molar-refractivity contribution in [2.75, 3.05) is 0 Å². The molecule has 0 radical (unpaired) electrons. The van der Waals surface area contributed by atoms with E-state index in [1.807, 2.05) is 60.8 Å². The Morgan fingerprint density at radius 3 is 1.59 bits per heavy atom. The van der Waals surface area contributed by atoms with Crippen LogP contribution in [0.25, 0.3) is 73.1 Å². The van der Waals surface area contributed by atoms with Crippen LogP contribution in [0.3, 0.4) is 0 Å². The van der Waals surface area contributed by atoms with Crippen molar-refractivity contribution < 1.29 is 4.39 Å². The number of nitrogens with zero attached hydrogens (tertiary/aromatic N) is 6. The molecule has 0 aliphatic rings. The minimum atomic E-state index is -0.287. The number of rotatable bonds is 6. The topological polar surface area (TPSA) is 68.9 Å². The van der Waals surface area contributed by atoms with Gasteiger partial charge in [0.05, 0.1) is 11.4 Å². The Balaban J connectivity index is 1.12. The predicted octanol–water partition coefficient (Wildman–Crippen LogP) is 9.06. The van der Waals surface area contributed by atoms with Gasteiger partial charge >= 0.3 is 0 Å². The molecule has 0 N–H and O–H groups in total. The normalized spacial score (nSPS) is 11.2. The molecule has 0 saturated carbocycles. The van der Waals surface area contributed by atoms with E-state index in [0.717, 1.165) is 67.2 Å². The first kappa shape index (κ1) is 27.2. The van der Waals surface area contributed by atoms with Crippen molar-refractivity contribution in [2.45, 2.75) is 0 Å². The van der Waals surface area contributed by atoms with E-state index in [1.54, 1.807) is 22.8 Å². The zero-order chi connectivity index (χ0) is 30.9. The van der Waals surface area contributed by atoms with Crippen molar-refractivity contribution in [2.24, 2.45) is 0 Å². The van der Waals surface area contributed by atoms with Crippen LogP contribution >= 0.6 is 0 Å². The average molecular weight is 597 g/mol. The monoisotopic (exact) mass is 596 g/mol. The van der Waals surface area contributed by atoms with Crippen LogP contribution in [0, 0.1) is 5.82 Å². The molecular formula is C39H25FN6. The molecule has 0 fully saturated rings. The van der Waals surface area contributed by atoms with Gasteiger partial charge in [0.25, 0.3) is 0 Å². The summed E-state index contributed by atoms with van der Waals surface area (Å²) >= 11 is 0. The Morgan fingerprint density at radius 2 is 0.978 bits per heavy atom. The van der Waals surface area contributed by atoms with Gasteiger partial charge in [0, 0.05) is 34.6 Å². The number of aromatic nitrogens is 6. The molecule has 0 saturated heterocycles. The van der Waals surface area contributed by atoms with Crippen molar-refractivity contribution in [1.29, 1.82) is 0 Å². The fourth-order valence-electron chi connectivity index (χ4n) is 5.52. The van der Waals surface area contributed by atoms with Crippen molar-refractivity contribution in [3.05, 3.63) is 158 Å². The van der Waals surface area contributed by atoms with Gasteiger partial charge < -0.3 is 0 Å². The molecular weight excluding hydrogens is 571 g/mol. The third-order valence-corrected chi connectivity index (χ3v) is 7.97. The van der Waals surface area contributed by atoms with Crippen LogP contribution in [0.4, 0.5) is 4.39 Å². The lowest BCUT2D eigenvalue weighted by Crippen LogP contribution is -1.96. The Hall–Kier alpha value is -6.34.